The van der Waals surface area contributed by atoms with Crippen LogP contribution in [0.5, 0.6) is 11.5 Å². The summed E-state index contributed by atoms with van der Waals surface area (Å²) in [5.74, 6) is 1.81. The van der Waals surface area contributed by atoms with E-state index in [0.717, 1.165) is 23.6 Å². The molecule has 2 nitrogen and oxygen atoms in total. The van der Waals surface area contributed by atoms with Crippen LogP contribution < -0.4 is 4.74 Å². The Bertz CT molecular complexity index is 544. The molecule has 0 aliphatic rings. The molecule has 0 unspecified atom stereocenters. The van der Waals surface area contributed by atoms with Crippen LogP contribution in [0.2, 0.25) is 0 Å². The molecule has 0 saturated heterocycles. The topological polar surface area (TPSA) is 12.5 Å². The normalized spacial score (nSPS) is 10.8. The van der Waals surface area contributed by atoms with Crippen molar-refractivity contribution in [2.75, 3.05) is 14.1 Å². The summed E-state index contributed by atoms with van der Waals surface area (Å²) in [7, 11) is 4.14. The van der Waals surface area contributed by atoms with Gasteiger partial charge in [-0.1, -0.05) is 29.8 Å². The number of hydrogen-bond acceptors (Lipinski definition) is 2. The summed E-state index contributed by atoms with van der Waals surface area (Å²) in [5.41, 5.74) is 3.71. The molecule has 2 rings (SSSR count). The fourth-order valence-electron chi connectivity index (χ4n) is 2.07. The molecule has 0 fully saturated rings. The maximum absolute atomic E-state index is 5.91. The molecular weight excluding hydrogens is 234 g/mol. The molecule has 0 amide bonds. The molecule has 0 aliphatic carbocycles. The number of benzene rings is 2. The largest absolute Gasteiger partial charge is 0.457 e. The summed E-state index contributed by atoms with van der Waals surface area (Å²) < 4.78 is 5.91. The summed E-state index contributed by atoms with van der Waals surface area (Å²) >= 11 is 0. The van der Waals surface area contributed by atoms with Crippen molar-refractivity contribution in [3.8, 4) is 11.5 Å². The van der Waals surface area contributed by atoms with Crippen molar-refractivity contribution >= 4 is 0 Å². The monoisotopic (exact) mass is 255 g/mol. The van der Waals surface area contributed by atoms with Crippen LogP contribution in [0.25, 0.3) is 0 Å². The highest BCUT2D eigenvalue weighted by molar-refractivity contribution is 5.39. The van der Waals surface area contributed by atoms with Crippen molar-refractivity contribution in [2.45, 2.75) is 20.4 Å². The smallest absolute Gasteiger partial charge is 0.130 e. The van der Waals surface area contributed by atoms with Crippen molar-refractivity contribution < 1.29 is 4.74 Å². The zero-order valence-corrected chi connectivity index (χ0v) is 12.1. The van der Waals surface area contributed by atoms with E-state index < -0.39 is 0 Å². The van der Waals surface area contributed by atoms with Gasteiger partial charge in [-0.05, 0) is 57.3 Å². The molecule has 0 spiro atoms. The Morgan fingerprint density at radius 2 is 1.63 bits per heavy atom. The van der Waals surface area contributed by atoms with Crippen molar-refractivity contribution in [3.05, 3.63) is 59.2 Å². The van der Waals surface area contributed by atoms with Crippen LogP contribution in [0.1, 0.15) is 16.7 Å². The molecule has 0 aliphatic heterocycles. The van der Waals surface area contributed by atoms with E-state index >= 15 is 0 Å². The zero-order chi connectivity index (χ0) is 13.8. The number of ether oxygens (including phenoxy) is 1. The molecule has 2 heteroatoms. The van der Waals surface area contributed by atoms with Gasteiger partial charge in [0.25, 0.3) is 0 Å². The molecule has 0 N–H and O–H groups in total. The predicted molar refractivity (Wildman–Crippen MR) is 79.8 cm³/mol. The van der Waals surface area contributed by atoms with Gasteiger partial charge in [0, 0.05) is 6.54 Å². The van der Waals surface area contributed by atoms with Crippen LogP contribution in [-0.2, 0) is 6.54 Å². The van der Waals surface area contributed by atoms with Gasteiger partial charge in [0.15, 0.2) is 0 Å². The van der Waals surface area contributed by atoms with E-state index in [1.807, 2.05) is 18.2 Å². The lowest BCUT2D eigenvalue weighted by Crippen LogP contribution is -2.10. The van der Waals surface area contributed by atoms with Gasteiger partial charge in [-0.25, -0.2) is 0 Å². The first-order chi connectivity index (χ1) is 9.04. The first kappa shape index (κ1) is 13.6. The van der Waals surface area contributed by atoms with Gasteiger partial charge in [-0.15, -0.1) is 0 Å². The van der Waals surface area contributed by atoms with Gasteiger partial charge in [0.2, 0.25) is 0 Å². The van der Waals surface area contributed by atoms with Crippen LogP contribution >= 0.6 is 0 Å². The maximum atomic E-state index is 5.91. The van der Waals surface area contributed by atoms with Crippen LogP contribution in [-0.4, -0.2) is 19.0 Å². The third kappa shape index (κ3) is 3.83. The van der Waals surface area contributed by atoms with E-state index in [-0.39, 0.29) is 0 Å². The fraction of sp³-hybridized carbons (Fsp3) is 0.294. The summed E-state index contributed by atoms with van der Waals surface area (Å²) in [6.07, 6.45) is 0. The predicted octanol–water partition coefficient (Wildman–Crippen LogP) is 4.16. The summed E-state index contributed by atoms with van der Waals surface area (Å²) in [6, 6.07) is 14.5. The lowest BCUT2D eigenvalue weighted by molar-refractivity contribution is 0.402. The SMILES string of the molecule is Cc1ccc(Oc2ccc(CN(C)C)cc2)c(C)c1. The Balaban J connectivity index is 2.10. The zero-order valence-electron chi connectivity index (χ0n) is 12.1. The fourth-order valence-corrected chi connectivity index (χ4v) is 2.07. The Morgan fingerprint density at radius 3 is 2.21 bits per heavy atom. The number of aryl methyl sites for hydroxylation is 2. The molecule has 0 saturated carbocycles. The average Bonchev–Trinajstić information content (AvgIpc) is 2.34. The summed E-state index contributed by atoms with van der Waals surface area (Å²) in [6.45, 7) is 5.11. The molecular formula is C17H21NO. The van der Waals surface area contributed by atoms with Crippen molar-refractivity contribution in [2.24, 2.45) is 0 Å². The van der Waals surface area contributed by atoms with E-state index in [9.17, 15) is 0 Å². The van der Waals surface area contributed by atoms with Crippen LogP contribution in [0.15, 0.2) is 42.5 Å². The minimum Gasteiger partial charge on any atom is -0.457 e. The van der Waals surface area contributed by atoms with Gasteiger partial charge in [-0.2, -0.15) is 0 Å². The average molecular weight is 255 g/mol. The number of rotatable bonds is 4. The lowest BCUT2D eigenvalue weighted by Gasteiger charge is -2.12. The van der Waals surface area contributed by atoms with E-state index in [4.69, 9.17) is 4.74 Å². The molecule has 2 aromatic rings. The second-order valence-corrected chi connectivity index (χ2v) is 5.25. The minimum atomic E-state index is 0.884. The molecule has 2 aromatic carbocycles. The third-order valence-corrected chi connectivity index (χ3v) is 2.98. The van der Waals surface area contributed by atoms with E-state index in [2.05, 4.69) is 57.1 Å². The van der Waals surface area contributed by atoms with Gasteiger partial charge in [-0.3, -0.25) is 0 Å². The summed E-state index contributed by atoms with van der Waals surface area (Å²) in [4.78, 5) is 2.15. The quantitative estimate of drug-likeness (QED) is 0.813. The van der Waals surface area contributed by atoms with Crippen molar-refractivity contribution in [3.63, 3.8) is 0 Å². The van der Waals surface area contributed by atoms with Crippen LogP contribution in [0.4, 0.5) is 0 Å². The van der Waals surface area contributed by atoms with Crippen LogP contribution in [0.3, 0.4) is 0 Å². The molecule has 0 atom stereocenters. The molecule has 19 heavy (non-hydrogen) atoms. The number of nitrogens with zero attached hydrogens (tertiary/aromatic N) is 1. The van der Waals surface area contributed by atoms with Gasteiger partial charge in [0.1, 0.15) is 11.5 Å². The lowest BCUT2D eigenvalue weighted by atomic mass is 10.1. The molecule has 0 radical (unpaired) electrons. The van der Waals surface area contributed by atoms with Gasteiger partial charge in [0.05, 0.1) is 0 Å². The highest BCUT2D eigenvalue weighted by Crippen LogP contribution is 2.25. The minimum absolute atomic E-state index is 0.884. The van der Waals surface area contributed by atoms with Crippen molar-refractivity contribution in [1.82, 2.24) is 4.90 Å². The molecule has 0 heterocycles. The Kier molecular flexibility index (Phi) is 4.23. The highest BCUT2D eigenvalue weighted by Gasteiger charge is 2.02. The second-order valence-electron chi connectivity index (χ2n) is 5.25. The standard InChI is InChI=1S/C17H21NO/c1-13-5-10-17(14(2)11-13)19-16-8-6-15(7-9-16)12-18(3)4/h5-11H,12H2,1-4H3. The van der Waals surface area contributed by atoms with Gasteiger partial charge >= 0.3 is 0 Å². The van der Waals surface area contributed by atoms with E-state index in [1.54, 1.807) is 0 Å². The Morgan fingerprint density at radius 1 is 0.947 bits per heavy atom. The van der Waals surface area contributed by atoms with Gasteiger partial charge < -0.3 is 9.64 Å². The second kappa shape index (κ2) is 5.89. The highest BCUT2D eigenvalue weighted by atomic mass is 16.5. The Hall–Kier alpha value is -1.80. The third-order valence-electron chi connectivity index (χ3n) is 2.98. The maximum Gasteiger partial charge on any atom is 0.130 e. The molecule has 0 bridgehead atoms. The molecule has 100 valence electrons. The van der Waals surface area contributed by atoms with E-state index in [0.29, 0.717) is 0 Å². The van der Waals surface area contributed by atoms with Crippen LogP contribution in [0, 0.1) is 13.8 Å². The summed E-state index contributed by atoms with van der Waals surface area (Å²) in [5, 5.41) is 0. The number of hydrogen-bond donors (Lipinski definition) is 0. The van der Waals surface area contributed by atoms with E-state index in [1.165, 1.54) is 11.1 Å². The molecule has 0 aromatic heterocycles. The first-order valence-corrected chi connectivity index (χ1v) is 6.53. The van der Waals surface area contributed by atoms with Crippen molar-refractivity contribution in [1.29, 1.82) is 0 Å². The first-order valence-electron chi connectivity index (χ1n) is 6.53. The Labute approximate surface area is 115 Å².